The number of para-hydroxylation sites is 1. The summed E-state index contributed by atoms with van der Waals surface area (Å²) >= 11 is 0. The van der Waals surface area contributed by atoms with Gasteiger partial charge in [0.15, 0.2) is 0 Å². The summed E-state index contributed by atoms with van der Waals surface area (Å²) in [6, 6.07) is 16.7. The van der Waals surface area contributed by atoms with Crippen molar-refractivity contribution in [3.05, 3.63) is 78.3 Å². The number of furan rings is 1. The summed E-state index contributed by atoms with van der Waals surface area (Å²) in [4.78, 5) is 12.4. The second-order valence-electron chi connectivity index (χ2n) is 5.46. The molecule has 25 heavy (non-hydrogen) atoms. The van der Waals surface area contributed by atoms with E-state index in [-0.39, 0.29) is 19.1 Å². The lowest BCUT2D eigenvalue weighted by molar-refractivity contribution is 0.0950. The zero-order valence-electron chi connectivity index (χ0n) is 13.6. The van der Waals surface area contributed by atoms with Crippen LogP contribution in [-0.2, 0) is 6.54 Å². The first-order chi connectivity index (χ1) is 12.3. The van der Waals surface area contributed by atoms with Crippen LogP contribution in [-0.4, -0.2) is 24.2 Å². The molecule has 1 aromatic heterocycles. The van der Waals surface area contributed by atoms with Crippen molar-refractivity contribution in [1.29, 1.82) is 0 Å². The molecule has 2 N–H and O–H groups in total. The maximum Gasteiger partial charge on any atom is 0.251 e. The van der Waals surface area contributed by atoms with Crippen molar-refractivity contribution < 1.29 is 19.1 Å². The molecule has 5 nitrogen and oxygen atoms in total. The lowest BCUT2D eigenvalue weighted by Crippen LogP contribution is -2.23. The van der Waals surface area contributed by atoms with Gasteiger partial charge in [0.2, 0.25) is 0 Å². The van der Waals surface area contributed by atoms with Gasteiger partial charge in [-0.05, 0) is 29.8 Å². The molecule has 0 saturated heterocycles. The Labute approximate surface area is 145 Å². The second kappa shape index (κ2) is 8.17. The Morgan fingerprint density at radius 1 is 1.08 bits per heavy atom. The average Bonchev–Trinajstić information content (AvgIpc) is 3.20. The lowest BCUT2D eigenvalue weighted by atomic mass is 10.1. The van der Waals surface area contributed by atoms with Crippen molar-refractivity contribution in [2.75, 3.05) is 13.2 Å². The van der Waals surface area contributed by atoms with Crippen molar-refractivity contribution in [2.24, 2.45) is 0 Å². The molecule has 0 atom stereocenters. The van der Waals surface area contributed by atoms with Crippen LogP contribution in [0.15, 0.2) is 71.5 Å². The van der Waals surface area contributed by atoms with E-state index >= 15 is 0 Å². The van der Waals surface area contributed by atoms with Gasteiger partial charge in [-0.25, -0.2) is 0 Å². The molecule has 2 aromatic carbocycles. The number of ether oxygens (including phenoxy) is 1. The average molecular weight is 337 g/mol. The van der Waals surface area contributed by atoms with Gasteiger partial charge in [0.25, 0.3) is 5.91 Å². The number of hydrogen-bond acceptors (Lipinski definition) is 4. The van der Waals surface area contributed by atoms with Crippen LogP contribution in [0.4, 0.5) is 0 Å². The van der Waals surface area contributed by atoms with Crippen molar-refractivity contribution >= 4 is 5.91 Å². The van der Waals surface area contributed by atoms with E-state index in [1.54, 1.807) is 18.6 Å². The number of carbonyl (C=O) groups excluding carboxylic acids is 1. The third-order valence-corrected chi connectivity index (χ3v) is 3.74. The minimum atomic E-state index is -0.165. The highest BCUT2D eigenvalue weighted by Gasteiger charge is 2.09. The zero-order valence-corrected chi connectivity index (χ0v) is 13.6. The van der Waals surface area contributed by atoms with Crippen molar-refractivity contribution in [3.63, 3.8) is 0 Å². The molecule has 3 rings (SSSR count). The van der Waals surface area contributed by atoms with E-state index in [1.165, 1.54) is 0 Å². The molecule has 0 saturated carbocycles. The van der Waals surface area contributed by atoms with Crippen LogP contribution in [0, 0.1) is 0 Å². The Kier molecular flexibility index (Phi) is 5.49. The number of carbonyl (C=O) groups is 1. The molecule has 3 aromatic rings. The monoisotopic (exact) mass is 337 g/mol. The highest BCUT2D eigenvalue weighted by atomic mass is 16.5. The number of hydrogen-bond donors (Lipinski definition) is 2. The van der Waals surface area contributed by atoms with Crippen molar-refractivity contribution in [1.82, 2.24) is 5.32 Å². The van der Waals surface area contributed by atoms with Gasteiger partial charge in [-0.2, -0.15) is 0 Å². The molecular weight excluding hydrogens is 318 g/mol. The van der Waals surface area contributed by atoms with E-state index in [2.05, 4.69) is 5.32 Å². The maximum atomic E-state index is 12.4. The first-order valence-electron chi connectivity index (χ1n) is 8.00. The fourth-order valence-corrected chi connectivity index (χ4v) is 2.49. The number of amides is 1. The van der Waals surface area contributed by atoms with Gasteiger partial charge in [-0.15, -0.1) is 0 Å². The molecule has 0 fully saturated rings. The topological polar surface area (TPSA) is 71.7 Å². The normalized spacial score (nSPS) is 10.4. The predicted molar refractivity (Wildman–Crippen MR) is 94.3 cm³/mol. The van der Waals surface area contributed by atoms with Crippen LogP contribution >= 0.6 is 0 Å². The lowest BCUT2D eigenvalue weighted by Gasteiger charge is -2.11. The molecule has 0 spiro atoms. The molecule has 0 radical (unpaired) electrons. The summed E-state index contributed by atoms with van der Waals surface area (Å²) in [5.41, 5.74) is 3.29. The van der Waals surface area contributed by atoms with Gasteiger partial charge in [0.05, 0.1) is 19.1 Å². The molecule has 0 aliphatic rings. The fraction of sp³-hybridized carbons (Fsp3) is 0.150. The minimum Gasteiger partial charge on any atom is -0.491 e. The van der Waals surface area contributed by atoms with Crippen LogP contribution in [0.1, 0.15) is 15.9 Å². The summed E-state index contributed by atoms with van der Waals surface area (Å²) in [7, 11) is 0. The minimum absolute atomic E-state index is 0.0541. The standard InChI is InChI=1S/C20H19NO4/c22-9-11-25-19-7-2-1-4-17(19)13-21-20(23)16-6-3-5-15(12-16)18-8-10-24-14-18/h1-8,10,12,14,22H,9,11,13H2,(H,21,23). The number of benzene rings is 2. The summed E-state index contributed by atoms with van der Waals surface area (Å²) in [5, 5.41) is 11.8. The van der Waals surface area contributed by atoms with Crippen molar-refractivity contribution in [3.8, 4) is 16.9 Å². The smallest absolute Gasteiger partial charge is 0.251 e. The van der Waals surface area contributed by atoms with Gasteiger partial charge in [0.1, 0.15) is 12.4 Å². The van der Waals surface area contributed by atoms with E-state index in [4.69, 9.17) is 14.3 Å². The third kappa shape index (κ3) is 4.28. The molecule has 1 heterocycles. The first kappa shape index (κ1) is 16.8. The summed E-state index contributed by atoms with van der Waals surface area (Å²) in [5.74, 6) is 0.492. The Morgan fingerprint density at radius 2 is 1.96 bits per heavy atom. The number of aliphatic hydroxyl groups is 1. The number of rotatable bonds is 7. The summed E-state index contributed by atoms with van der Waals surface area (Å²) in [6.07, 6.45) is 3.25. The van der Waals surface area contributed by atoms with Crippen LogP contribution in [0.25, 0.3) is 11.1 Å². The zero-order chi connectivity index (χ0) is 17.5. The van der Waals surface area contributed by atoms with E-state index in [0.717, 1.165) is 16.7 Å². The van der Waals surface area contributed by atoms with Crippen LogP contribution in [0.3, 0.4) is 0 Å². The largest absolute Gasteiger partial charge is 0.491 e. The molecule has 0 aliphatic carbocycles. The van der Waals surface area contributed by atoms with E-state index in [1.807, 2.05) is 48.5 Å². The summed E-state index contributed by atoms with van der Waals surface area (Å²) < 4.78 is 10.6. The Morgan fingerprint density at radius 3 is 2.76 bits per heavy atom. The molecular formula is C20H19NO4. The highest BCUT2D eigenvalue weighted by Crippen LogP contribution is 2.21. The van der Waals surface area contributed by atoms with Crippen LogP contribution < -0.4 is 10.1 Å². The second-order valence-corrected chi connectivity index (χ2v) is 5.46. The van der Waals surface area contributed by atoms with Crippen LogP contribution in [0.2, 0.25) is 0 Å². The molecule has 128 valence electrons. The Balaban J connectivity index is 1.68. The van der Waals surface area contributed by atoms with E-state index < -0.39 is 0 Å². The van der Waals surface area contributed by atoms with Gasteiger partial charge in [0, 0.05) is 23.2 Å². The Bertz CT molecular complexity index is 827. The number of aliphatic hydroxyl groups excluding tert-OH is 1. The third-order valence-electron chi connectivity index (χ3n) is 3.74. The molecule has 0 aliphatic heterocycles. The molecule has 1 amide bonds. The van der Waals surface area contributed by atoms with Gasteiger partial charge in [-0.1, -0.05) is 30.3 Å². The van der Waals surface area contributed by atoms with E-state index in [0.29, 0.717) is 17.9 Å². The molecule has 0 bridgehead atoms. The predicted octanol–water partition coefficient (Wildman–Crippen LogP) is 3.25. The van der Waals surface area contributed by atoms with Gasteiger partial charge >= 0.3 is 0 Å². The maximum absolute atomic E-state index is 12.4. The SMILES string of the molecule is O=C(NCc1ccccc1OCCO)c1cccc(-c2ccoc2)c1. The van der Waals surface area contributed by atoms with Crippen molar-refractivity contribution in [2.45, 2.75) is 6.54 Å². The first-order valence-corrected chi connectivity index (χ1v) is 8.00. The molecule has 5 heteroatoms. The highest BCUT2D eigenvalue weighted by molar-refractivity contribution is 5.95. The van der Waals surface area contributed by atoms with E-state index in [9.17, 15) is 4.79 Å². The quantitative estimate of drug-likeness (QED) is 0.694. The van der Waals surface area contributed by atoms with Gasteiger partial charge < -0.3 is 19.6 Å². The number of nitrogens with one attached hydrogen (secondary N) is 1. The molecule has 0 unspecified atom stereocenters. The fourth-order valence-electron chi connectivity index (χ4n) is 2.49. The Hall–Kier alpha value is -3.05. The summed E-state index contributed by atoms with van der Waals surface area (Å²) in [6.45, 7) is 0.509. The van der Waals surface area contributed by atoms with Gasteiger partial charge in [-0.3, -0.25) is 4.79 Å². The van der Waals surface area contributed by atoms with Crippen LogP contribution in [0.5, 0.6) is 5.75 Å².